The number of ether oxygens (including phenoxy) is 1. The van der Waals surface area contributed by atoms with Crippen molar-refractivity contribution in [3.05, 3.63) is 84.5 Å². The van der Waals surface area contributed by atoms with Crippen LogP contribution in [0.3, 0.4) is 0 Å². The molecule has 8 nitrogen and oxygen atoms in total. The quantitative estimate of drug-likeness (QED) is 0.279. The minimum absolute atomic E-state index is 0.102. The molecule has 2 aromatic carbocycles. The fraction of sp³-hybridized carbons (Fsp3) is 0.0417. The van der Waals surface area contributed by atoms with Crippen LogP contribution < -0.4 is 20.7 Å². The number of benzene rings is 2. The second-order valence-electron chi connectivity index (χ2n) is 6.81. The van der Waals surface area contributed by atoms with Crippen LogP contribution in [0.25, 0.3) is 17.0 Å². The van der Waals surface area contributed by atoms with E-state index in [4.69, 9.17) is 25.8 Å². The third-order valence-electron chi connectivity index (χ3n) is 4.54. The van der Waals surface area contributed by atoms with Gasteiger partial charge in [0.25, 0.3) is 5.91 Å². The largest absolute Gasteiger partial charge is 0.494 e. The molecule has 33 heavy (non-hydrogen) atoms. The van der Waals surface area contributed by atoms with E-state index < -0.39 is 11.8 Å². The van der Waals surface area contributed by atoms with Gasteiger partial charge in [0, 0.05) is 23.2 Å². The van der Waals surface area contributed by atoms with Gasteiger partial charge in [-0.25, -0.2) is 0 Å². The summed E-state index contributed by atoms with van der Waals surface area (Å²) in [6.45, 7) is 0. The van der Waals surface area contributed by atoms with Gasteiger partial charge in [0.05, 0.1) is 19.1 Å². The van der Waals surface area contributed by atoms with Crippen LogP contribution in [0.4, 0.5) is 11.4 Å². The number of carbonyl (C=O) groups is 2. The number of nitrogens with one attached hydrogen (secondary N) is 3. The Kier molecular flexibility index (Phi) is 6.51. The first-order valence-electron chi connectivity index (χ1n) is 9.83. The molecule has 0 saturated carbocycles. The van der Waals surface area contributed by atoms with Gasteiger partial charge >= 0.3 is 0 Å². The highest BCUT2D eigenvalue weighted by Crippen LogP contribution is 2.29. The van der Waals surface area contributed by atoms with E-state index in [1.807, 2.05) is 18.2 Å². The molecule has 0 aliphatic carbocycles. The maximum absolute atomic E-state index is 12.6. The number of methoxy groups -OCH3 is 1. The first-order chi connectivity index (χ1) is 16.0. The van der Waals surface area contributed by atoms with Crippen molar-refractivity contribution in [2.45, 2.75) is 0 Å². The minimum Gasteiger partial charge on any atom is -0.494 e. The highest BCUT2D eigenvalue weighted by molar-refractivity contribution is 7.80. The first kappa shape index (κ1) is 21.8. The molecule has 166 valence electrons. The number of fused-ring (bicyclic) bond motifs is 1. The van der Waals surface area contributed by atoms with Crippen molar-refractivity contribution in [1.82, 2.24) is 5.32 Å². The fourth-order valence-corrected chi connectivity index (χ4v) is 3.23. The van der Waals surface area contributed by atoms with E-state index in [9.17, 15) is 9.59 Å². The molecule has 4 rings (SSSR count). The lowest BCUT2D eigenvalue weighted by atomic mass is 10.2. The summed E-state index contributed by atoms with van der Waals surface area (Å²) in [6, 6.07) is 17.5. The molecule has 2 heterocycles. The Labute approximate surface area is 194 Å². The van der Waals surface area contributed by atoms with E-state index in [0.717, 1.165) is 5.39 Å². The Bertz CT molecular complexity index is 1310. The van der Waals surface area contributed by atoms with Gasteiger partial charge in [0.15, 0.2) is 10.9 Å². The predicted molar refractivity (Wildman–Crippen MR) is 129 cm³/mol. The Hall–Kier alpha value is -4.37. The molecular weight excluding hydrogens is 442 g/mol. The molecule has 0 unspecified atom stereocenters. The number of hydrogen-bond donors (Lipinski definition) is 3. The molecule has 0 bridgehead atoms. The summed E-state index contributed by atoms with van der Waals surface area (Å²) in [5.74, 6) is 0.319. The van der Waals surface area contributed by atoms with Crippen molar-refractivity contribution in [1.29, 1.82) is 0 Å². The lowest BCUT2D eigenvalue weighted by Gasteiger charge is -2.13. The molecule has 0 spiro atoms. The molecular formula is C24H19N3O5S. The molecule has 2 amide bonds. The zero-order valence-electron chi connectivity index (χ0n) is 17.5. The number of para-hydroxylation sites is 1. The number of carbonyl (C=O) groups excluding carboxylic acids is 2. The molecule has 0 fully saturated rings. The number of furan rings is 2. The van der Waals surface area contributed by atoms with Crippen molar-refractivity contribution < 1.29 is 23.2 Å². The molecule has 3 N–H and O–H groups in total. The lowest BCUT2D eigenvalue weighted by molar-refractivity contribution is -0.115. The van der Waals surface area contributed by atoms with E-state index >= 15 is 0 Å². The van der Waals surface area contributed by atoms with Gasteiger partial charge in [-0.15, -0.1) is 0 Å². The summed E-state index contributed by atoms with van der Waals surface area (Å²) >= 11 is 5.18. The van der Waals surface area contributed by atoms with Crippen LogP contribution in [-0.2, 0) is 4.79 Å². The number of amides is 2. The number of rotatable bonds is 6. The molecule has 0 aliphatic rings. The lowest BCUT2D eigenvalue weighted by Crippen LogP contribution is -2.32. The topological polar surface area (TPSA) is 106 Å². The van der Waals surface area contributed by atoms with Crippen molar-refractivity contribution in [3.8, 4) is 5.75 Å². The fourth-order valence-electron chi connectivity index (χ4n) is 3.01. The summed E-state index contributed by atoms with van der Waals surface area (Å²) in [5, 5.41) is 9.16. The number of hydrogen-bond acceptors (Lipinski definition) is 6. The Morgan fingerprint density at radius 1 is 1.03 bits per heavy atom. The molecule has 2 aromatic heterocycles. The van der Waals surface area contributed by atoms with Crippen molar-refractivity contribution in [3.63, 3.8) is 0 Å². The molecule has 0 atom stereocenters. The van der Waals surface area contributed by atoms with Gasteiger partial charge in [-0.05, 0) is 54.7 Å². The normalized spacial score (nSPS) is 10.8. The zero-order valence-corrected chi connectivity index (χ0v) is 18.3. The maximum Gasteiger partial charge on any atom is 0.291 e. The number of thiocarbonyl (C=S) groups is 1. The van der Waals surface area contributed by atoms with Crippen LogP contribution in [0.1, 0.15) is 16.3 Å². The summed E-state index contributed by atoms with van der Waals surface area (Å²) < 4.78 is 16.1. The Morgan fingerprint density at radius 3 is 2.64 bits per heavy atom. The smallest absolute Gasteiger partial charge is 0.291 e. The predicted octanol–water partition coefficient (Wildman–Crippen LogP) is 4.81. The zero-order chi connectivity index (χ0) is 23.2. The van der Waals surface area contributed by atoms with E-state index in [0.29, 0.717) is 28.5 Å². The summed E-state index contributed by atoms with van der Waals surface area (Å²) in [7, 11) is 1.48. The van der Waals surface area contributed by atoms with E-state index in [-0.39, 0.29) is 10.9 Å². The summed E-state index contributed by atoms with van der Waals surface area (Å²) in [5.41, 5.74) is 1.64. The molecule has 4 aromatic rings. The summed E-state index contributed by atoms with van der Waals surface area (Å²) in [4.78, 5) is 24.6. The Morgan fingerprint density at radius 2 is 1.88 bits per heavy atom. The summed E-state index contributed by atoms with van der Waals surface area (Å²) in [6.07, 6.45) is 4.35. The highest BCUT2D eigenvalue weighted by atomic mass is 32.1. The van der Waals surface area contributed by atoms with E-state index in [2.05, 4.69) is 16.0 Å². The van der Waals surface area contributed by atoms with E-state index in [1.165, 1.54) is 25.5 Å². The molecule has 0 saturated heterocycles. The first-order valence-corrected chi connectivity index (χ1v) is 10.2. The highest BCUT2D eigenvalue weighted by Gasteiger charge is 2.15. The second-order valence-corrected chi connectivity index (χ2v) is 7.22. The van der Waals surface area contributed by atoms with Gasteiger partial charge in [-0.1, -0.05) is 18.2 Å². The average Bonchev–Trinajstić information content (AvgIpc) is 3.48. The van der Waals surface area contributed by atoms with Crippen molar-refractivity contribution in [2.24, 2.45) is 0 Å². The minimum atomic E-state index is -0.411. The van der Waals surface area contributed by atoms with Crippen molar-refractivity contribution in [2.75, 3.05) is 17.7 Å². The molecule has 0 radical (unpaired) electrons. The van der Waals surface area contributed by atoms with Crippen LogP contribution in [0.5, 0.6) is 5.75 Å². The van der Waals surface area contributed by atoms with Gasteiger partial charge in [0.2, 0.25) is 5.91 Å². The van der Waals surface area contributed by atoms with Crippen molar-refractivity contribution >= 4 is 57.6 Å². The third kappa shape index (κ3) is 5.46. The number of anilines is 2. The maximum atomic E-state index is 12.6. The SMILES string of the molecule is COc1cc(NC(=S)NC(=O)/C=C/c2ccco2)ccc1NC(=O)c1cc2ccccc2o1. The van der Waals surface area contributed by atoms with Gasteiger partial charge in [-0.2, -0.15) is 0 Å². The van der Waals surface area contributed by atoms with Gasteiger partial charge < -0.3 is 24.2 Å². The standard InChI is InChI=1S/C24H19N3O5S/c1-30-20-14-16(25-24(33)27-22(28)11-9-17-6-4-12-31-17)8-10-18(20)26-23(29)21-13-15-5-2-3-7-19(15)32-21/h2-14H,1H3,(H,26,29)(H2,25,27,28,33)/b11-9+. The van der Waals surface area contributed by atoms with Gasteiger partial charge in [-0.3, -0.25) is 14.9 Å². The monoisotopic (exact) mass is 461 g/mol. The van der Waals surface area contributed by atoms with Crippen LogP contribution in [0.15, 0.2) is 81.8 Å². The van der Waals surface area contributed by atoms with Gasteiger partial charge in [0.1, 0.15) is 17.1 Å². The van der Waals surface area contributed by atoms with E-state index in [1.54, 1.807) is 42.5 Å². The second kappa shape index (κ2) is 9.84. The van der Waals surface area contributed by atoms with Crippen LogP contribution >= 0.6 is 12.2 Å². The third-order valence-corrected chi connectivity index (χ3v) is 4.74. The van der Waals surface area contributed by atoms with Crippen LogP contribution in [0, 0.1) is 0 Å². The molecule has 0 aliphatic heterocycles. The van der Waals surface area contributed by atoms with Crippen LogP contribution in [0.2, 0.25) is 0 Å². The van der Waals surface area contributed by atoms with Crippen LogP contribution in [-0.4, -0.2) is 24.0 Å². The average molecular weight is 461 g/mol. The molecule has 9 heteroatoms. The Balaban J connectivity index is 1.39.